The van der Waals surface area contributed by atoms with Crippen LogP contribution in [-0.2, 0) is 9.47 Å². The van der Waals surface area contributed by atoms with Gasteiger partial charge in [0.25, 0.3) is 0 Å². The maximum absolute atomic E-state index is 11.2. The minimum absolute atomic E-state index is 0.00277. The van der Waals surface area contributed by atoms with Gasteiger partial charge in [0.15, 0.2) is 0 Å². The fraction of sp³-hybridized carbons (Fsp3) is 0.625. The summed E-state index contributed by atoms with van der Waals surface area (Å²) < 4.78 is 9.96. The van der Waals surface area contributed by atoms with Crippen LogP contribution in [0.1, 0.15) is 24.0 Å². The van der Waals surface area contributed by atoms with Crippen LogP contribution in [0.2, 0.25) is 0 Å². The molecule has 84 valence electrons. The maximum Gasteiger partial charge on any atom is 0.376 e. The minimum atomic E-state index is -0.584. The third-order valence-corrected chi connectivity index (χ3v) is 1.51. The summed E-state index contributed by atoms with van der Waals surface area (Å²) in [5, 5.41) is 5.86. The van der Waals surface area contributed by atoms with Crippen LogP contribution in [0.5, 0.6) is 0 Å². The lowest BCUT2D eigenvalue weighted by atomic mass is 10.5. The topological polar surface area (TPSA) is 103 Å². The van der Waals surface area contributed by atoms with Gasteiger partial charge in [-0.05, 0) is 6.42 Å². The summed E-state index contributed by atoms with van der Waals surface area (Å²) in [6, 6.07) is 0. The molecule has 1 aromatic rings. The number of nitrogens with one attached hydrogen (secondary N) is 1. The molecule has 3 N–H and O–H groups in total. The third-order valence-electron chi connectivity index (χ3n) is 1.51. The molecule has 0 saturated heterocycles. The number of anilines is 1. The molecule has 0 saturated carbocycles. The first-order chi connectivity index (χ1) is 7.24. The predicted octanol–water partition coefficient (Wildman–Crippen LogP) is -0.0297. The number of nitrogens with zero attached hydrogens (tertiary/aromatic N) is 2. The van der Waals surface area contributed by atoms with Crippen LogP contribution in [0.4, 0.5) is 5.95 Å². The summed E-state index contributed by atoms with van der Waals surface area (Å²) >= 11 is 0. The van der Waals surface area contributed by atoms with E-state index in [4.69, 9.17) is 15.2 Å². The molecule has 7 heteroatoms. The highest BCUT2D eigenvalue weighted by Crippen LogP contribution is 1.95. The summed E-state index contributed by atoms with van der Waals surface area (Å²) in [7, 11) is 0. The fourth-order valence-corrected chi connectivity index (χ4v) is 0.874. The van der Waals surface area contributed by atoms with Crippen LogP contribution in [0, 0.1) is 0 Å². The normalized spacial score (nSPS) is 10.2. The van der Waals surface area contributed by atoms with E-state index in [2.05, 4.69) is 15.2 Å². The number of carbonyl (C=O) groups is 1. The number of esters is 1. The minimum Gasteiger partial charge on any atom is -0.457 e. The molecular formula is C8H14N4O3. The number of H-pyrrole nitrogens is 1. The Kier molecular flexibility index (Phi) is 4.55. The molecule has 0 aromatic carbocycles. The highest BCUT2D eigenvalue weighted by atomic mass is 16.6. The molecular weight excluding hydrogens is 200 g/mol. The lowest BCUT2D eigenvalue weighted by Crippen LogP contribution is -2.12. The van der Waals surface area contributed by atoms with Crippen LogP contribution >= 0.6 is 0 Å². The molecule has 1 aromatic heterocycles. The van der Waals surface area contributed by atoms with E-state index in [1.54, 1.807) is 0 Å². The number of nitrogen functional groups attached to an aromatic ring is 1. The summed E-state index contributed by atoms with van der Waals surface area (Å²) in [5.41, 5.74) is 5.22. The van der Waals surface area contributed by atoms with E-state index >= 15 is 0 Å². The molecule has 0 aliphatic heterocycles. The van der Waals surface area contributed by atoms with E-state index in [9.17, 15) is 4.79 Å². The number of rotatable bonds is 6. The Labute approximate surface area is 87.0 Å². The Balaban J connectivity index is 2.19. The quantitative estimate of drug-likeness (QED) is 0.509. The molecule has 0 radical (unpaired) electrons. The smallest absolute Gasteiger partial charge is 0.376 e. The highest BCUT2D eigenvalue weighted by molar-refractivity contribution is 5.85. The third kappa shape index (κ3) is 3.94. The zero-order valence-corrected chi connectivity index (χ0v) is 8.52. The molecule has 0 unspecified atom stereocenters. The molecule has 1 rings (SSSR count). The van der Waals surface area contributed by atoms with Crippen LogP contribution in [0.3, 0.4) is 0 Å². The van der Waals surface area contributed by atoms with Crippen LogP contribution in [0.25, 0.3) is 0 Å². The Morgan fingerprint density at radius 2 is 2.27 bits per heavy atom. The molecule has 0 fully saturated rings. The second-order valence-corrected chi connectivity index (χ2v) is 2.79. The zero-order chi connectivity index (χ0) is 11.1. The fourth-order valence-electron chi connectivity index (χ4n) is 0.874. The molecule has 0 spiro atoms. The Hall–Kier alpha value is -1.63. The van der Waals surface area contributed by atoms with Gasteiger partial charge in [0.1, 0.15) is 6.61 Å². The van der Waals surface area contributed by atoms with E-state index in [0.717, 1.165) is 6.42 Å². The van der Waals surface area contributed by atoms with Crippen molar-refractivity contribution in [2.45, 2.75) is 13.3 Å². The predicted molar refractivity (Wildman–Crippen MR) is 52.2 cm³/mol. The van der Waals surface area contributed by atoms with Gasteiger partial charge in [-0.2, -0.15) is 4.98 Å². The summed E-state index contributed by atoms with van der Waals surface area (Å²) in [6.45, 7) is 3.23. The van der Waals surface area contributed by atoms with E-state index in [1.807, 2.05) is 6.92 Å². The first kappa shape index (κ1) is 11.4. The summed E-state index contributed by atoms with van der Waals surface area (Å²) in [4.78, 5) is 14.8. The Bertz CT molecular complexity index is 313. The van der Waals surface area contributed by atoms with Crippen molar-refractivity contribution in [1.29, 1.82) is 0 Å². The first-order valence-corrected chi connectivity index (χ1v) is 4.66. The average molecular weight is 214 g/mol. The van der Waals surface area contributed by atoms with Crippen LogP contribution < -0.4 is 5.73 Å². The summed E-state index contributed by atoms with van der Waals surface area (Å²) in [6.07, 6.45) is 0.937. The standard InChI is InChI=1S/C8H14N4O3/c1-2-3-14-4-5-15-7(13)6-10-8(9)12-11-6/h2-5H2,1H3,(H3,9,10,11,12). The number of ether oxygens (including phenoxy) is 2. The number of aromatic amines is 1. The Morgan fingerprint density at radius 3 is 2.87 bits per heavy atom. The largest absolute Gasteiger partial charge is 0.457 e. The van der Waals surface area contributed by atoms with Crippen molar-refractivity contribution in [1.82, 2.24) is 15.2 Å². The van der Waals surface area contributed by atoms with Crippen molar-refractivity contribution in [2.24, 2.45) is 0 Å². The number of aromatic nitrogens is 3. The summed E-state index contributed by atoms with van der Waals surface area (Å²) in [5.74, 6) is -0.563. The van der Waals surface area contributed by atoms with Gasteiger partial charge in [0, 0.05) is 6.61 Å². The van der Waals surface area contributed by atoms with Crippen molar-refractivity contribution in [3.05, 3.63) is 5.82 Å². The number of nitrogens with two attached hydrogens (primary N) is 1. The van der Waals surface area contributed by atoms with Crippen LogP contribution in [0.15, 0.2) is 0 Å². The van der Waals surface area contributed by atoms with E-state index in [-0.39, 0.29) is 18.4 Å². The molecule has 7 nitrogen and oxygen atoms in total. The van der Waals surface area contributed by atoms with Gasteiger partial charge in [-0.15, -0.1) is 5.10 Å². The SMILES string of the molecule is CCCOCCOC(=O)c1nc(N)n[nH]1. The number of hydrogen-bond acceptors (Lipinski definition) is 6. The monoisotopic (exact) mass is 214 g/mol. The molecule has 0 aliphatic carbocycles. The molecule has 15 heavy (non-hydrogen) atoms. The van der Waals surface area contributed by atoms with E-state index in [0.29, 0.717) is 13.2 Å². The lowest BCUT2D eigenvalue weighted by Gasteiger charge is -2.02. The molecule has 0 atom stereocenters. The molecule has 1 heterocycles. The van der Waals surface area contributed by atoms with Gasteiger partial charge in [-0.25, -0.2) is 4.79 Å². The molecule has 0 bridgehead atoms. The van der Waals surface area contributed by atoms with E-state index < -0.39 is 5.97 Å². The van der Waals surface area contributed by atoms with Gasteiger partial charge in [0.05, 0.1) is 6.61 Å². The first-order valence-electron chi connectivity index (χ1n) is 4.66. The van der Waals surface area contributed by atoms with Gasteiger partial charge in [-0.3, -0.25) is 5.10 Å². The second-order valence-electron chi connectivity index (χ2n) is 2.79. The average Bonchev–Trinajstić information content (AvgIpc) is 2.64. The van der Waals surface area contributed by atoms with Crippen molar-refractivity contribution < 1.29 is 14.3 Å². The van der Waals surface area contributed by atoms with Crippen molar-refractivity contribution in [2.75, 3.05) is 25.6 Å². The molecule has 0 amide bonds. The van der Waals surface area contributed by atoms with Crippen molar-refractivity contribution >= 4 is 11.9 Å². The van der Waals surface area contributed by atoms with Gasteiger partial charge >= 0.3 is 5.97 Å². The Morgan fingerprint density at radius 1 is 1.47 bits per heavy atom. The van der Waals surface area contributed by atoms with Crippen molar-refractivity contribution in [3.63, 3.8) is 0 Å². The zero-order valence-electron chi connectivity index (χ0n) is 8.52. The van der Waals surface area contributed by atoms with Crippen molar-refractivity contribution in [3.8, 4) is 0 Å². The lowest BCUT2D eigenvalue weighted by molar-refractivity contribution is 0.0307. The van der Waals surface area contributed by atoms with Gasteiger partial charge < -0.3 is 15.2 Å². The molecule has 0 aliphatic rings. The van der Waals surface area contributed by atoms with E-state index in [1.165, 1.54) is 0 Å². The maximum atomic E-state index is 11.2. The number of carbonyl (C=O) groups excluding carboxylic acids is 1. The van der Waals surface area contributed by atoms with Crippen LogP contribution in [-0.4, -0.2) is 41.0 Å². The highest BCUT2D eigenvalue weighted by Gasteiger charge is 2.11. The number of hydrogen-bond donors (Lipinski definition) is 2. The second kappa shape index (κ2) is 5.97. The van der Waals surface area contributed by atoms with Gasteiger partial charge in [-0.1, -0.05) is 6.92 Å². The van der Waals surface area contributed by atoms with Gasteiger partial charge in [0.2, 0.25) is 11.8 Å².